The molecule has 2 aromatic heterocycles. The maximum Gasteiger partial charge on any atom is 0.334 e. The minimum atomic E-state index is -3.88. The van der Waals surface area contributed by atoms with Gasteiger partial charge in [-0.05, 0) is 29.1 Å². The fraction of sp³-hybridized carbons (Fsp3) is 0.400. The summed E-state index contributed by atoms with van der Waals surface area (Å²) in [7, 11) is -3.88. The van der Waals surface area contributed by atoms with Crippen LogP contribution < -0.4 is 10.0 Å². The molecule has 0 saturated heterocycles. The van der Waals surface area contributed by atoms with Gasteiger partial charge in [-0.1, -0.05) is 26.0 Å². The summed E-state index contributed by atoms with van der Waals surface area (Å²) in [5.74, 6) is -0.137. The van der Waals surface area contributed by atoms with Crippen LogP contribution >= 0.6 is 0 Å². The second-order valence-corrected chi connectivity index (χ2v) is 8.93. The third kappa shape index (κ3) is 7.34. The predicted molar refractivity (Wildman–Crippen MR) is 112 cm³/mol. The highest BCUT2D eigenvalue weighted by molar-refractivity contribution is 7.89. The Hall–Kier alpha value is -2.98. The molecule has 0 aliphatic carbocycles. The van der Waals surface area contributed by atoms with Crippen molar-refractivity contribution in [2.45, 2.75) is 37.4 Å². The second kappa shape index (κ2) is 11.4. The number of hydrogen-bond donors (Lipinski definition) is 3. The van der Waals surface area contributed by atoms with Gasteiger partial charge in [0.25, 0.3) is 15.9 Å². The summed E-state index contributed by atoms with van der Waals surface area (Å²) >= 11 is 0. The lowest BCUT2D eigenvalue weighted by molar-refractivity contribution is -0.473. The zero-order chi connectivity index (χ0) is 22.9. The van der Waals surface area contributed by atoms with Gasteiger partial charge in [0.2, 0.25) is 0 Å². The molecule has 0 saturated carbocycles. The van der Waals surface area contributed by atoms with Crippen LogP contribution in [0.25, 0.3) is 0 Å². The maximum atomic E-state index is 12.8. The molecule has 1 unspecified atom stereocenters. The van der Waals surface area contributed by atoms with Crippen LogP contribution in [0.5, 0.6) is 0 Å². The lowest BCUT2D eigenvalue weighted by Crippen LogP contribution is -2.46. The molecule has 2 aromatic rings. The molecule has 0 fully saturated rings. The molecular formula is C20H26N5O5S+. The Labute approximate surface area is 181 Å². The van der Waals surface area contributed by atoms with Gasteiger partial charge in [-0.15, -0.1) is 4.58 Å². The Morgan fingerprint density at radius 1 is 1.13 bits per heavy atom. The van der Waals surface area contributed by atoms with Crippen LogP contribution in [-0.4, -0.2) is 65.3 Å². The summed E-state index contributed by atoms with van der Waals surface area (Å²) in [4.78, 5) is 32.2. The van der Waals surface area contributed by atoms with Crippen molar-refractivity contribution in [3.8, 4) is 0 Å². The summed E-state index contributed by atoms with van der Waals surface area (Å²) in [5.41, 5.74) is 0. The van der Waals surface area contributed by atoms with E-state index >= 15 is 0 Å². The van der Waals surface area contributed by atoms with Crippen LogP contribution in [0.15, 0.2) is 53.8 Å². The highest BCUT2D eigenvalue weighted by Crippen LogP contribution is 2.15. The minimum absolute atomic E-state index is 0.0883. The number of aliphatic hydroxyl groups is 1. The van der Waals surface area contributed by atoms with Crippen molar-refractivity contribution in [2.75, 3.05) is 13.1 Å². The van der Waals surface area contributed by atoms with E-state index in [1.54, 1.807) is 30.3 Å². The normalized spacial score (nSPS) is 13.3. The standard InChI is InChI=1S/C20H25N5O5S/c1-15(2)11-17(25(14-26)18-7-3-5-9-21-18)20(28)23-12-16(27)13-24-31(29,30)19-8-4-6-10-22-19/h3-10,15-17,24,27H,11-13H2,1-2H3/p+1/t16?,17-/m0/s1. The van der Waals surface area contributed by atoms with E-state index in [1.165, 1.54) is 24.5 Å². The molecule has 0 aromatic carbocycles. The highest BCUT2D eigenvalue weighted by atomic mass is 32.2. The molecule has 0 radical (unpaired) electrons. The number of sulfonamides is 1. The largest absolute Gasteiger partial charge is 0.390 e. The molecule has 2 atom stereocenters. The zero-order valence-electron chi connectivity index (χ0n) is 17.3. The van der Waals surface area contributed by atoms with E-state index in [0.717, 1.165) is 4.58 Å². The highest BCUT2D eigenvalue weighted by Gasteiger charge is 2.31. The first kappa shape index (κ1) is 24.3. The molecular weight excluding hydrogens is 422 g/mol. The van der Waals surface area contributed by atoms with E-state index in [2.05, 4.69) is 20.0 Å². The smallest absolute Gasteiger partial charge is 0.334 e. The molecule has 2 heterocycles. The molecule has 11 heteroatoms. The second-order valence-electron chi connectivity index (χ2n) is 7.21. The van der Waals surface area contributed by atoms with Crippen molar-refractivity contribution in [3.05, 3.63) is 48.8 Å². The van der Waals surface area contributed by atoms with Gasteiger partial charge in [-0.2, -0.15) is 4.79 Å². The first-order chi connectivity index (χ1) is 14.7. The summed E-state index contributed by atoms with van der Waals surface area (Å²) in [6.07, 6.45) is 3.76. The van der Waals surface area contributed by atoms with Crippen LogP contribution in [0.4, 0.5) is 5.82 Å². The molecule has 0 aliphatic rings. The van der Waals surface area contributed by atoms with Gasteiger partial charge in [-0.25, -0.2) is 18.1 Å². The van der Waals surface area contributed by atoms with Crippen LogP contribution in [-0.2, 0) is 19.6 Å². The molecule has 166 valence electrons. The van der Waals surface area contributed by atoms with E-state index in [0.29, 0.717) is 6.42 Å². The van der Waals surface area contributed by atoms with Gasteiger partial charge in [0.15, 0.2) is 11.1 Å². The van der Waals surface area contributed by atoms with Crippen molar-refractivity contribution < 1.29 is 27.7 Å². The number of aromatic nitrogens is 2. The van der Waals surface area contributed by atoms with Crippen LogP contribution in [0, 0.1) is 5.92 Å². The molecule has 1 amide bonds. The topological polar surface area (TPSA) is 141 Å². The van der Waals surface area contributed by atoms with E-state index in [-0.39, 0.29) is 29.9 Å². The Morgan fingerprint density at radius 3 is 2.35 bits per heavy atom. The molecule has 10 nitrogen and oxygen atoms in total. The molecule has 2 rings (SSSR count). The van der Waals surface area contributed by atoms with Gasteiger partial charge >= 0.3 is 11.9 Å². The number of isocyanates is 1. The minimum Gasteiger partial charge on any atom is -0.390 e. The molecule has 0 bridgehead atoms. The van der Waals surface area contributed by atoms with E-state index in [1.807, 2.05) is 13.8 Å². The summed E-state index contributed by atoms with van der Waals surface area (Å²) in [5, 5.41) is 12.5. The Kier molecular flexibility index (Phi) is 8.95. The van der Waals surface area contributed by atoms with Crippen molar-refractivity contribution in [1.82, 2.24) is 20.0 Å². The number of nitrogens with one attached hydrogen (secondary N) is 2. The van der Waals surface area contributed by atoms with Gasteiger partial charge in [0.05, 0.1) is 6.10 Å². The third-order valence-electron chi connectivity index (χ3n) is 4.24. The number of aliphatic hydroxyl groups excluding tert-OH is 1. The van der Waals surface area contributed by atoms with Crippen LogP contribution in [0.3, 0.4) is 0 Å². The average Bonchev–Trinajstić information content (AvgIpc) is 2.77. The van der Waals surface area contributed by atoms with Crippen molar-refractivity contribution in [2.24, 2.45) is 5.92 Å². The van der Waals surface area contributed by atoms with E-state index in [9.17, 15) is 23.1 Å². The number of amides is 1. The fourth-order valence-electron chi connectivity index (χ4n) is 2.74. The van der Waals surface area contributed by atoms with Gasteiger partial charge in [0.1, 0.15) is 6.20 Å². The first-order valence-corrected chi connectivity index (χ1v) is 11.2. The fourth-order valence-corrected chi connectivity index (χ4v) is 3.75. The average molecular weight is 449 g/mol. The lowest BCUT2D eigenvalue weighted by Gasteiger charge is -2.18. The summed E-state index contributed by atoms with van der Waals surface area (Å²) in [6.45, 7) is 3.27. The maximum absolute atomic E-state index is 12.8. The van der Waals surface area contributed by atoms with Crippen molar-refractivity contribution in [1.29, 1.82) is 0 Å². The number of hydrogen-bond acceptors (Lipinski definition) is 7. The Morgan fingerprint density at radius 2 is 1.81 bits per heavy atom. The molecule has 31 heavy (non-hydrogen) atoms. The van der Waals surface area contributed by atoms with Crippen LogP contribution in [0.2, 0.25) is 0 Å². The van der Waals surface area contributed by atoms with Gasteiger partial charge in [-0.3, -0.25) is 4.79 Å². The van der Waals surface area contributed by atoms with Gasteiger partial charge in [0, 0.05) is 31.8 Å². The predicted octanol–water partition coefficient (Wildman–Crippen LogP) is 0.327. The summed E-state index contributed by atoms with van der Waals surface area (Å²) in [6, 6.07) is 8.53. The van der Waals surface area contributed by atoms with Gasteiger partial charge < -0.3 is 10.4 Å². The molecule has 0 aliphatic heterocycles. The number of carbonyl (C=O) groups is 1. The number of carbonyl (C=O) groups excluding carboxylic acids is 2. The lowest BCUT2D eigenvalue weighted by atomic mass is 10.0. The molecule has 0 spiro atoms. The SMILES string of the molecule is CC(C)C[C@@H](C(=O)NCC(O)CNS(=O)(=O)c1ccccn1)[N+](=C=O)c1ccccn1. The quantitative estimate of drug-likeness (QED) is 0.255. The van der Waals surface area contributed by atoms with Crippen molar-refractivity contribution in [3.63, 3.8) is 0 Å². The van der Waals surface area contributed by atoms with Crippen LogP contribution in [0.1, 0.15) is 20.3 Å². The summed E-state index contributed by atoms with van der Waals surface area (Å²) < 4.78 is 27.7. The number of nitrogens with zero attached hydrogens (tertiary/aromatic N) is 3. The third-order valence-corrected chi connectivity index (χ3v) is 5.58. The monoisotopic (exact) mass is 448 g/mol. The first-order valence-electron chi connectivity index (χ1n) is 9.69. The Bertz CT molecular complexity index is 1010. The molecule has 3 N–H and O–H groups in total. The van der Waals surface area contributed by atoms with Crippen molar-refractivity contribution >= 4 is 27.8 Å². The zero-order valence-corrected chi connectivity index (χ0v) is 18.1. The number of rotatable bonds is 11. The van der Waals surface area contributed by atoms with E-state index < -0.39 is 28.1 Å². The van der Waals surface area contributed by atoms with E-state index in [4.69, 9.17) is 0 Å². The Balaban J connectivity index is 1.99. The number of pyridine rings is 2.